The molecule has 0 saturated heterocycles. The van der Waals surface area contributed by atoms with Crippen LogP contribution in [0.25, 0.3) is 10.1 Å². The number of fused-ring (bicyclic) bond motifs is 1. The summed E-state index contributed by atoms with van der Waals surface area (Å²) in [6.45, 7) is 1.99. The second kappa shape index (κ2) is 7.13. The summed E-state index contributed by atoms with van der Waals surface area (Å²) in [6.07, 6.45) is 1.43. The maximum Gasteiger partial charge on any atom is 0.283 e. The zero-order valence-electron chi connectivity index (χ0n) is 13.5. The first-order valence-corrected chi connectivity index (χ1v) is 8.58. The SMILES string of the molecule is COc1ccc(C=NNC(=O)c2sc3cc(C)ccc3c2Cl)cc1O. The number of hydrogen-bond donors (Lipinski definition) is 2. The quantitative estimate of drug-likeness (QED) is 0.527. The van der Waals surface area contributed by atoms with E-state index in [9.17, 15) is 9.90 Å². The van der Waals surface area contributed by atoms with E-state index in [0.29, 0.717) is 21.2 Å². The van der Waals surface area contributed by atoms with Gasteiger partial charge in [0.2, 0.25) is 0 Å². The van der Waals surface area contributed by atoms with Gasteiger partial charge in [0, 0.05) is 10.1 Å². The van der Waals surface area contributed by atoms with E-state index < -0.39 is 0 Å². The maximum atomic E-state index is 12.3. The van der Waals surface area contributed by atoms with Gasteiger partial charge in [-0.1, -0.05) is 23.7 Å². The van der Waals surface area contributed by atoms with E-state index in [1.165, 1.54) is 30.7 Å². The summed E-state index contributed by atoms with van der Waals surface area (Å²) in [7, 11) is 1.47. The molecule has 0 bridgehead atoms. The Balaban J connectivity index is 1.76. The summed E-state index contributed by atoms with van der Waals surface area (Å²) in [5, 5.41) is 14.9. The minimum atomic E-state index is -0.377. The molecule has 1 heterocycles. The number of hydrazone groups is 1. The summed E-state index contributed by atoms with van der Waals surface area (Å²) in [6, 6.07) is 10.7. The Labute approximate surface area is 153 Å². The molecule has 7 heteroatoms. The van der Waals surface area contributed by atoms with Gasteiger partial charge < -0.3 is 9.84 Å². The van der Waals surface area contributed by atoms with Crippen molar-refractivity contribution in [1.82, 2.24) is 5.43 Å². The van der Waals surface area contributed by atoms with Gasteiger partial charge in [-0.25, -0.2) is 5.43 Å². The number of carbonyl (C=O) groups is 1. The van der Waals surface area contributed by atoms with Crippen LogP contribution in [0, 0.1) is 6.92 Å². The van der Waals surface area contributed by atoms with E-state index in [2.05, 4.69) is 10.5 Å². The number of ether oxygens (including phenoxy) is 1. The van der Waals surface area contributed by atoms with Crippen LogP contribution in [-0.4, -0.2) is 24.3 Å². The number of nitrogens with zero attached hydrogens (tertiary/aromatic N) is 1. The first-order chi connectivity index (χ1) is 12.0. The van der Waals surface area contributed by atoms with Gasteiger partial charge in [-0.2, -0.15) is 5.10 Å². The van der Waals surface area contributed by atoms with E-state index in [1.807, 2.05) is 25.1 Å². The lowest BCUT2D eigenvalue weighted by Crippen LogP contribution is -2.16. The number of nitrogens with one attached hydrogen (secondary N) is 1. The van der Waals surface area contributed by atoms with Crippen molar-refractivity contribution in [2.24, 2.45) is 5.10 Å². The standard InChI is InChI=1S/C18H15ClN2O3S/c1-10-3-5-12-15(7-10)25-17(16(12)19)18(23)21-20-9-11-4-6-14(24-2)13(22)8-11/h3-9,22H,1-2H3,(H,21,23). The fourth-order valence-electron chi connectivity index (χ4n) is 2.32. The number of amides is 1. The van der Waals surface area contributed by atoms with Crippen LogP contribution < -0.4 is 10.2 Å². The molecule has 128 valence electrons. The van der Waals surface area contributed by atoms with Gasteiger partial charge in [0.1, 0.15) is 4.88 Å². The molecule has 0 fully saturated rings. The summed E-state index contributed by atoms with van der Waals surface area (Å²) in [5.74, 6) is -0.00734. The minimum absolute atomic E-state index is 0.000646. The Morgan fingerprint density at radius 3 is 2.84 bits per heavy atom. The van der Waals surface area contributed by atoms with Crippen LogP contribution in [0.3, 0.4) is 0 Å². The zero-order chi connectivity index (χ0) is 18.0. The van der Waals surface area contributed by atoms with Crippen molar-refractivity contribution in [3.05, 3.63) is 57.4 Å². The molecule has 1 aromatic heterocycles. The van der Waals surface area contributed by atoms with Gasteiger partial charge in [-0.05, 0) is 42.3 Å². The lowest BCUT2D eigenvalue weighted by Gasteiger charge is -2.03. The third-order valence-corrected chi connectivity index (χ3v) is 5.23. The summed E-state index contributed by atoms with van der Waals surface area (Å²) in [5.41, 5.74) is 4.18. The molecule has 1 amide bonds. The number of aryl methyl sites for hydroxylation is 1. The summed E-state index contributed by atoms with van der Waals surface area (Å²) < 4.78 is 5.93. The number of hydrogen-bond acceptors (Lipinski definition) is 5. The molecule has 0 aliphatic carbocycles. The number of rotatable bonds is 4. The highest BCUT2D eigenvalue weighted by atomic mass is 35.5. The van der Waals surface area contributed by atoms with Gasteiger partial charge >= 0.3 is 0 Å². The fourth-order valence-corrected chi connectivity index (χ4v) is 3.83. The van der Waals surface area contributed by atoms with Crippen molar-refractivity contribution in [2.45, 2.75) is 6.92 Å². The maximum absolute atomic E-state index is 12.3. The number of aromatic hydroxyl groups is 1. The number of phenolic OH excluding ortho intramolecular Hbond substituents is 1. The molecule has 2 aromatic carbocycles. The molecule has 25 heavy (non-hydrogen) atoms. The lowest BCUT2D eigenvalue weighted by atomic mass is 10.2. The van der Waals surface area contributed by atoms with E-state index in [0.717, 1.165) is 15.6 Å². The molecule has 0 atom stereocenters. The number of phenols is 1. The van der Waals surface area contributed by atoms with Crippen LogP contribution in [0.5, 0.6) is 11.5 Å². The normalized spacial score (nSPS) is 11.2. The van der Waals surface area contributed by atoms with Gasteiger partial charge in [-0.15, -0.1) is 11.3 Å². The second-order valence-corrected chi connectivity index (χ2v) is 6.81. The second-order valence-electron chi connectivity index (χ2n) is 5.38. The lowest BCUT2D eigenvalue weighted by molar-refractivity contribution is 0.0959. The molecule has 0 saturated carbocycles. The van der Waals surface area contributed by atoms with Crippen molar-refractivity contribution < 1.29 is 14.6 Å². The number of benzene rings is 2. The largest absolute Gasteiger partial charge is 0.504 e. The highest BCUT2D eigenvalue weighted by Gasteiger charge is 2.16. The molecule has 2 N–H and O–H groups in total. The van der Waals surface area contributed by atoms with Crippen molar-refractivity contribution in [1.29, 1.82) is 0 Å². The van der Waals surface area contributed by atoms with Crippen LogP contribution in [-0.2, 0) is 0 Å². The molecule has 3 aromatic rings. The molecule has 5 nitrogen and oxygen atoms in total. The Bertz CT molecular complexity index is 982. The Kier molecular flexibility index (Phi) is 4.92. The average molecular weight is 375 g/mol. The van der Waals surface area contributed by atoms with Crippen LogP contribution >= 0.6 is 22.9 Å². The van der Waals surface area contributed by atoms with Gasteiger partial charge in [-0.3, -0.25) is 4.79 Å². The summed E-state index contributed by atoms with van der Waals surface area (Å²) in [4.78, 5) is 12.7. The first kappa shape index (κ1) is 17.3. The smallest absolute Gasteiger partial charge is 0.283 e. The number of methoxy groups -OCH3 is 1. The fraction of sp³-hybridized carbons (Fsp3) is 0.111. The topological polar surface area (TPSA) is 70.9 Å². The van der Waals surface area contributed by atoms with Crippen LogP contribution in [0.1, 0.15) is 20.8 Å². The third-order valence-electron chi connectivity index (χ3n) is 3.57. The molecule has 3 rings (SSSR count). The predicted molar refractivity (Wildman–Crippen MR) is 101 cm³/mol. The van der Waals surface area contributed by atoms with E-state index in [1.54, 1.807) is 12.1 Å². The van der Waals surface area contributed by atoms with E-state index in [-0.39, 0.29) is 11.7 Å². The minimum Gasteiger partial charge on any atom is -0.504 e. The van der Waals surface area contributed by atoms with Crippen molar-refractivity contribution in [2.75, 3.05) is 7.11 Å². The van der Waals surface area contributed by atoms with Crippen LogP contribution in [0.15, 0.2) is 41.5 Å². The van der Waals surface area contributed by atoms with Crippen molar-refractivity contribution >= 4 is 45.1 Å². The van der Waals surface area contributed by atoms with Gasteiger partial charge in [0.05, 0.1) is 18.3 Å². The molecule has 0 spiro atoms. The number of thiophene rings is 1. The molecular weight excluding hydrogens is 360 g/mol. The number of halogens is 1. The predicted octanol–water partition coefficient (Wildman–Crippen LogP) is 4.34. The Morgan fingerprint density at radius 1 is 1.32 bits per heavy atom. The molecule has 0 aliphatic heterocycles. The summed E-state index contributed by atoms with van der Waals surface area (Å²) >= 11 is 7.63. The first-order valence-electron chi connectivity index (χ1n) is 7.38. The Morgan fingerprint density at radius 2 is 2.12 bits per heavy atom. The van der Waals surface area contributed by atoms with Crippen molar-refractivity contribution in [3.63, 3.8) is 0 Å². The van der Waals surface area contributed by atoms with Crippen LogP contribution in [0.2, 0.25) is 5.02 Å². The van der Waals surface area contributed by atoms with E-state index >= 15 is 0 Å². The monoisotopic (exact) mass is 374 g/mol. The molecular formula is C18H15ClN2O3S. The van der Waals surface area contributed by atoms with Gasteiger partial charge in [0.15, 0.2) is 11.5 Å². The van der Waals surface area contributed by atoms with Crippen LogP contribution in [0.4, 0.5) is 0 Å². The Hall–Kier alpha value is -2.57. The van der Waals surface area contributed by atoms with E-state index in [4.69, 9.17) is 16.3 Å². The third kappa shape index (κ3) is 3.60. The highest BCUT2D eigenvalue weighted by molar-refractivity contribution is 7.21. The molecule has 0 unspecified atom stereocenters. The average Bonchev–Trinajstić information content (AvgIpc) is 2.91. The number of carbonyl (C=O) groups excluding carboxylic acids is 1. The molecule has 0 radical (unpaired) electrons. The molecule has 0 aliphatic rings. The zero-order valence-corrected chi connectivity index (χ0v) is 15.1. The van der Waals surface area contributed by atoms with Crippen molar-refractivity contribution in [3.8, 4) is 11.5 Å². The van der Waals surface area contributed by atoms with Gasteiger partial charge in [0.25, 0.3) is 5.91 Å². The highest BCUT2D eigenvalue weighted by Crippen LogP contribution is 2.35.